The summed E-state index contributed by atoms with van der Waals surface area (Å²) >= 11 is 2.29. The van der Waals surface area contributed by atoms with Crippen LogP contribution in [0.1, 0.15) is 11.5 Å². The molecule has 1 heterocycles. The highest BCUT2D eigenvalue weighted by molar-refractivity contribution is 14.1. The summed E-state index contributed by atoms with van der Waals surface area (Å²) in [6, 6.07) is 8.13. The molecule has 0 radical (unpaired) electrons. The van der Waals surface area contributed by atoms with Gasteiger partial charge in [-0.3, -0.25) is 4.79 Å². The molecule has 0 aromatic heterocycles. The topological polar surface area (TPSA) is 44.1 Å². The van der Waals surface area contributed by atoms with Crippen molar-refractivity contribution < 1.29 is 9.18 Å². The van der Waals surface area contributed by atoms with E-state index in [2.05, 4.69) is 29.2 Å². The van der Waals surface area contributed by atoms with Gasteiger partial charge >= 0.3 is 0 Å². The summed E-state index contributed by atoms with van der Waals surface area (Å²) in [7, 11) is 0. The van der Waals surface area contributed by atoms with Crippen LogP contribution in [0.15, 0.2) is 36.4 Å². The van der Waals surface area contributed by atoms with Gasteiger partial charge in [0.1, 0.15) is 17.5 Å². The normalized spacial score (nSPS) is 22.1. The maximum absolute atomic E-state index is 12.9. The Labute approximate surface area is 124 Å². The highest BCUT2D eigenvalue weighted by Crippen LogP contribution is 2.33. The first-order chi connectivity index (χ1) is 9.02. The molecule has 1 aromatic rings. The van der Waals surface area contributed by atoms with E-state index >= 15 is 0 Å². The zero-order valence-electron chi connectivity index (χ0n) is 10.1. The highest BCUT2D eigenvalue weighted by Gasteiger charge is 2.35. The molecule has 98 valence electrons. The molecule has 0 aliphatic carbocycles. The van der Waals surface area contributed by atoms with Gasteiger partial charge in [0, 0.05) is 22.9 Å². The minimum absolute atomic E-state index is 0.0386. The second kappa shape index (κ2) is 5.70. The minimum atomic E-state index is -0.311. The Balaban J connectivity index is 2.14. The summed E-state index contributed by atoms with van der Waals surface area (Å²) in [5.41, 5.74) is 0.974. The number of hydrogen-bond acceptors (Lipinski definition) is 2. The molecule has 0 N–H and O–H groups in total. The predicted molar refractivity (Wildman–Crippen MR) is 78.3 cm³/mol. The summed E-state index contributed by atoms with van der Waals surface area (Å²) in [6.45, 7) is 4.57. The van der Waals surface area contributed by atoms with Gasteiger partial charge < -0.3 is 4.90 Å². The molecular weight excluding hydrogens is 358 g/mol. The zero-order valence-corrected chi connectivity index (χ0v) is 12.3. The number of alkyl halides is 1. The predicted octanol–water partition coefficient (Wildman–Crippen LogP) is 2.63. The SMILES string of the molecule is C=C(C#N)C(=O)N1CC(I)C(c2ccc(F)cc2)C1. The van der Waals surface area contributed by atoms with Gasteiger partial charge in [-0.05, 0) is 17.7 Å². The molecule has 1 amide bonds. The smallest absolute Gasteiger partial charge is 0.263 e. The number of halogens is 2. The van der Waals surface area contributed by atoms with Gasteiger partial charge in [-0.15, -0.1) is 0 Å². The van der Waals surface area contributed by atoms with Crippen molar-refractivity contribution in [1.82, 2.24) is 4.90 Å². The number of carbonyl (C=O) groups excluding carboxylic acids is 1. The number of hydrogen-bond donors (Lipinski definition) is 0. The van der Waals surface area contributed by atoms with Crippen LogP contribution in [-0.4, -0.2) is 27.8 Å². The van der Waals surface area contributed by atoms with Crippen molar-refractivity contribution in [1.29, 1.82) is 5.26 Å². The van der Waals surface area contributed by atoms with Crippen molar-refractivity contribution in [2.75, 3.05) is 13.1 Å². The van der Waals surface area contributed by atoms with Crippen molar-refractivity contribution in [3.05, 3.63) is 47.8 Å². The summed E-state index contributed by atoms with van der Waals surface area (Å²) in [4.78, 5) is 13.5. The van der Waals surface area contributed by atoms with E-state index in [0.29, 0.717) is 13.1 Å². The van der Waals surface area contributed by atoms with Crippen LogP contribution in [0.5, 0.6) is 0 Å². The van der Waals surface area contributed by atoms with Crippen molar-refractivity contribution >= 4 is 28.5 Å². The number of nitrogens with zero attached hydrogens (tertiary/aromatic N) is 2. The Bertz CT molecular complexity index is 550. The fourth-order valence-corrected chi connectivity index (χ4v) is 3.31. The Morgan fingerprint density at radius 1 is 1.42 bits per heavy atom. The van der Waals surface area contributed by atoms with Gasteiger partial charge in [0.15, 0.2) is 0 Å². The molecule has 5 heteroatoms. The van der Waals surface area contributed by atoms with E-state index in [9.17, 15) is 9.18 Å². The van der Waals surface area contributed by atoms with Crippen LogP contribution in [0.2, 0.25) is 0 Å². The molecule has 0 bridgehead atoms. The molecule has 1 aromatic carbocycles. The number of rotatable bonds is 2. The van der Waals surface area contributed by atoms with Gasteiger partial charge in [-0.25, -0.2) is 4.39 Å². The second-order valence-electron chi connectivity index (χ2n) is 4.47. The fourth-order valence-electron chi connectivity index (χ4n) is 2.19. The lowest BCUT2D eigenvalue weighted by molar-refractivity contribution is -0.125. The van der Waals surface area contributed by atoms with E-state index < -0.39 is 0 Å². The van der Waals surface area contributed by atoms with Gasteiger partial charge in [-0.2, -0.15) is 5.26 Å². The van der Waals surface area contributed by atoms with Crippen LogP contribution >= 0.6 is 22.6 Å². The van der Waals surface area contributed by atoms with Gasteiger partial charge in [0.25, 0.3) is 5.91 Å². The van der Waals surface area contributed by atoms with E-state index in [1.165, 1.54) is 12.1 Å². The quantitative estimate of drug-likeness (QED) is 0.348. The van der Waals surface area contributed by atoms with Gasteiger partial charge in [0.05, 0.1) is 0 Å². The molecule has 1 fully saturated rings. The van der Waals surface area contributed by atoms with E-state index in [4.69, 9.17) is 5.26 Å². The fraction of sp³-hybridized carbons (Fsp3) is 0.286. The lowest BCUT2D eigenvalue weighted by atomic mass is 9.98. The maximum Gasteiger partial charge on any atom is 0.263 e. The number of benzene rings is 1. The van der Waals surface area contributed by atoms with Crippen molar-refractivity contribution in [3.8, 4) is 6.07 Å². The minimum Gasteiger partial charge on any atom is -0.336 e. The first-order valence-corrected chi connectivity index (χ1v) is 7.05. The number of amides is 1. The van der Waals surface area contributed by atoms with Gasteiger partial charge in [0.2, 0.25) is 0 Å². The lowest BCUT2D eigenvalue weighted by Crippen LogP contribution is -2.29. The van der Waals surface area contributed by atoms with E-state index in [1.54, 1.807) is 23.1 Å². The average molecular weight is 370 g/mol. The van der Waals surface area contributed by atoms with Crippen LogP contribution < -0.4 is 0 Å². The number of carbonyl (C=O) groups is 1. The number of likely N-dealkylation sites (tertiary alicyclic amines) is 1. The summed E-state index contributed by atoms with van der Waals surface area (Å²) in [6.07, 6.45) is 0. The summed E-state index contributed by atoms with van der Waals surface area (Å²) in [5.74, 6) is -0.414. The first-order valence-electron chi connectivity index (χ1n) is 5.80. The first kappa shape index (κ1) is 14.0. The summed E-state index contributed by atoms with van der Waals surface area (Å²) < 4.78 is 13.2. The highest BCUT2D eigenvalue weighted by atomic mass is 127. The molecule has 0 saturated carbocycles. The Hall–Kier alpha value is -1.42. The largest absolute Gasteiger partial charge is 0.336 e. The molecule has 2 unspecified atom stereocenters. The Kier molecular flexibility index (Phi) is 4.20. The van der Waals surface area contributed by atoms with Gasteiger partial charge in [-0.1, -0.05) is 41.3 Å². The van der Waals surface area contributed by atoms with Crippen molar-refractivity contribution in [2.24, 2.45) is 0 Å². The number of nitriles is 1. The molecule has 19 heavy (non-hydrogen) atoms. The molecule has 2 atom stereocenters. The molecule has 1 saturated heterocycles. The molecule has 1 aliphatic heterocycles. The zero-order chi connectivity index (χ0) is 14.0. The summed E-state index contributed by atoms with van der Waals surface area (Å²) in [5, 5.41) is 8.70. The maximum atomic E-state index is 12.9. The van der Waals surface area contributed by atoms with E-state index in [-0.39, 0.29) is 27.1 Å². The molecule has 0 spiro atoms. The third kappa shape index (κ3) is 2.95. The Morgan fingerprint density at radius 3 is 2.63 bits per heavy atom. The van der Waals surface area contributed by atoms with Crippen LogP contribution in [0.4, 0.5) is 4.39 Å². The van der Waals surface area contributed by atoms with Crippen molar-refractivity contribution in [2.45, 2.75) is 9.84 Å². The standard InChI is InChI=1S/C14H12FIN2O/c1-9(6-17)14(19)18-7-12(13(16)8-18)10-2-4-11(15)5-3-10/h2-5,12-13H,1,7-8H2. The van der Waals surface area contributed by atoms with Crippen LogP contribution in [-0.2, 0) is 4.79 Å². The molecule has 2 rings (SSSR count). The van der Waals surface area contributed by atoms with Crippen LogP contribution in [0.25, 0.3) is 0 Å². The van der Waals surface area contributed by atoms with E-state index in [1.807, 2.05) is 0 Å². The van der Waals surface area contributed by atoms with E-state index in [0.717, 1.165) is 5.56 Å². The third-order valence-electron chi connectivity index (χ3n) is 3.23. The monoisotopic (exact) mass is 370 g/mol. The molecule has 3 nitrogen and oxygen atoms in total. The second-order valence-corrected chi connectivity index (χ2v) is 6.07. The molecule has 1 aliphatic rings. The lowest BCUT2D eigenvalue weighted by Gasteiger charge is -2.15. The average Bonchev–Trinajstić information content (AvgIpc) is 2.80. The van der Waals surface area contributed by atoms with Crippen LogP contribution in [0, 0.1) is 17.1 Å². The van der Waals surface area contributed by atoms with Crippen LogP contribution in [0.3, 0.4) is 0 Å². The van der Waals surface area contributed by atoms with Crippen molar-refractivity contribution in [3.63, 3.8) is 0 Å². The molecular formula is C14H12FIN2O. The third-order valence-corrected chi connectivity index (χ3v) is 4.49. The Morgan fingerprint density at radius 2 is 2.05 bits per heavy atom.